The van der Waals surface area contributed by atoms with Gasteiger partial charge < -0.3 is 19.5 Å². The summed E-state index contributed by atoms with van der Waals surface area (Å²) in [5, 5.41) is 6.63. The standard InChI is InChI=1S/C16H18N4O4/c1-3-23-16(22)20-7-12(8-20)15-18-14(19-24-15)11-5-4-10(2)13(6-11)17-9-21/h4-6,9,12H,3,7-8H2,1-2H3,(H,17,21). The molecule has 2 amide bonds. The SMILES string of the molecule is CCOC(=O)N1CC(c2nc(-c3ccc(C)c(NC=O)c3)no2)C1. The molecule has 0 saturated carbocycles. The lowest BCUT2D eigenvalue weighted by Crippen LogP contribution is -2.48. The lowest BCUT2D eigenvalue weighted by atomic mass is 10.0. The van der Waals surface area contributed by atoms with Crippen LogP contribution < -0.4 is 5.32 Å². The number of carbonyl (C=O) groups excluding carboxylic acids is 2. The number of likely N-dealkylation sites (tertiary alicyclic amines) is 1. The van der Waals surface area contributed by atoms with Crippen molar-refractivity contribution in [2.24, 2.45) is 0 Å². The molecule has 0 atom stereocenters. The average Bonchev–Trinajstić information content (AvgIpc) is 2.98. The van der Waals surface area contributed by atoms with Crippen LogP contribution in [0.1, 0.15) is 24.3 Å². The van der Waals surface area contributed by atoms with Gasteiger partial charge in [0.2, 0.25) is 18.1 Å². The van der Waals surface area contributed by atoms with E-state index in [1.54, 1.807) is 17.9 Å². The van der Waals surface area contributed by atoms with Gasteiger partial charge in [-0.05, 0) is 25.5 Å². The zero-order valence-corrected chi connectivity index (χ0v) is 13.5. The molecule has 0 aliphatic carbocycles. The molecule has 126 valence electrons. The van der Waals surface area contributed by atoms with Crippen molar-refractivity contribution in [2.75, 3.05) is 25.0 Å². The van der Waals surface area contributed by atoms with Crippen LogP contribution in [0.3, 0.4) is 0 Å². The van der Waals surface area contributed by atoms with Gasteiger partial charge in [-0.1, -0.05) is 17.3 Å². The molecule has 1 saturated heterocycles. The number of ether oxygens (including phenoxy) is 1. The highest BCUT2D eigenvalue weighted by molar-refractivity contribution is 5.76. The molecule has 24 heavy (non-hydrogen) atoms. The Morgan fingerprint density at radius 3 is 3.00 bits per heavy atom. The van der Waals surface area contributed by atoms with E-state index < -0.39 is 0 Å². The van der Waals surface area contributed by atoms with Gasteiger partial charge in [0.15, 0.2) is 0 Å². The molecule has 0 radical (unpaired) electrons. The lowest BCUT2D eigenvalue weighted by Gasteiger charge is -2.35. The molecule has 2 heterocycles. The monoisotopic (exact) mass is 330 g/mol. The molecule has 1 aliphatic heterocycles. The predicted molar refractivity (Wildman–Crippen MR) is 85.5 cm³/mol. The highest BCUT2D eigenvalue weighted by Crippen LogP contribution is 2.29. The minimum Gasteiger partial charge on any atom is -0.450 e. The van der Waals surface area contributed by atoms with Gasteiger partial charge in [0.25, 0.3) is 0 Å². The van der Waals surface area contributed by atoms with Crippen LogP contribution >= 0.6 is 0 Å². The van der Waals surface area contributed by atoms with E-state index in [-0.39, 0.29) is 12.0 Å². The number of aromatic nitrogens is 2. The normalized spacial score (nSPS) is 14.2. The van der Waals surface area contributed by atoms with E-state index in [1.165, 1.54) is 0 Å². The van der Waals surface area contributed by atoms with E-state index in [2.05, 4.69) is 15.5 Å². The Labute approximate surface area is 138 Å². The number of aryl methyl sites for hydroxylation is 1. The van der Waals surface area contributed by atoms with Crippen LogP contribution in [0.15, 0.2) is 22.7 Å². The van der Waals surface area contributed by atoms with Crippen molar-refractivity contribution in [1.29, 1.82) is 0 Å². The Kier molecular flexibility index (Phi) is 4.45. The fourth-order valence-corrected chi connectivity index (χ4v) is 2.50. The minimum atomic E-state index is -0.323. The van der Waals surface area contributed by atoms with Gasteiger partial charge >= 0.3 is 6.09 Å². The van der Waals surface area contributed by atoms with E-state index in [0.717, 1.165) is 11.1 Å². The first-order valence-electron chi connectivity index (χ1n) is 7.69. The fraction of sp³-hybridized carbons (Fsp3) is 0.375. The van der Waals surface area contributed by atoms with Gasteiger partial charge in [-0.2, -0.15) is 4.98 Å². The molecule has 8 heteroatoms. The lowest BCUT2D eigenvalue weighted by molar-refractivity contribution is -0.105. The number of hydrogen-bond donors (Lipinski definition) is 1. The van der Waals surface area contributed by atoms with E-state index in [0.29, 0.717) is 43.5 Å². The Hall–Kier alpha value is -2.90. The zero-order chi connectivity index (χ0) is 17.1. The van der Waals surface area contributed by atoms with Crippen LogP contribution in [-0.2, 0) is 9.53 Å². The van der Waals surface area contributed by atoms with Crippen molar-refractivity contribution in [3.05, 3.63) is 29.7 Å². The summed E-state index contributed by atoms with van der Waals surface area (Å²) < 4.78 is 10.2. The van der Waals surface area contributed by atoms with Crippen LogP contribution in [-0.4, -0.2) is 47.2 Å². The highest BCUT2D eigenvalue weighted by atomic mass is 16.6. The summed E-state index contributed by atoms with van der Waals surface area (Å²) in [6.45, 7) is 5.04. The number of amides is 2. The number of anilines is 1. The van der Waals surface area contributed by atoms with Crippen molar-refractivity contribution in [2.45, 2.75) is 19.8 Å². The van der Waals surface area contributed by atoms with Crippen molar-refractivity contribution >= 4 is 18.2 Å². The van der Waals surface area contributed by atoms with Crippen LogP contribution in [0.2, 0.25) is 0 Å². The van der Waals surface area contributed by atoms with Crippen LogP contribution in [0.5, 0.6) is 0 Å². The average molecular weight is 330 g/mol. The van der Waals surface area contributed by atoms with Crippen LogP contribution in [0, 0.1) is 6.92 Å². The fourth-order valence-electron chi connectivity index (χ4n) is 2.50. The van der Waals surface area contributed by atoms with Crippen LogP contribution in [0.25, 0.3) is 11.4 Å². The smallest absolute Gasteiger partial charge is 0.409 e. The Morgan fingerprint density at radius 2 is 2.29 bits per heavy atom. The van der Waals surface area contributed by atoms with Gasteiger partial charge in [0.1, 0.15) is 0 Å². The minimum absolute atomic E-state index is 0.0219. The first kappa shape index (κ1) is 16.0. The van der Waals surface area contributed by atoms with Gasteiger partial charge in [-0.25, -0.2) is 4.79 Å². The van der Waals surface area contributed by atoms with Crippen molar-refractivity contribution in [3.63, 3.8) is 0 Å². The van der Waals surface area contributed by atoms with Crippen molar-refractivity contribution in [3.8, 4) is 11.4 Å². The van der Waals surface area contributed by atoms with Crippen LogP contribution in [0.4, 0.5) is 10.5 Å². The molecule has 0 spiro atoms. The molecule has 8 nitrogen and oxygen atoms in total. The zero-order valence-electron chi connectivity index (χ0n) is 13.5. The first-order valence-corrected chi connectivity index (χ1v) is 7.69. The van der Waals surface area contributed by atoms with E-state index in [9.17, 15) is 9.59 Å². The number of hydrogen-bond acceptors (Lipinski definition) is 6. The maximum Gasteiger partial charge on any atom is 0.409 e. The molecular formula is C16H18N4O4. The molecule has 0 bridgehead atoms. The molecule has 1 fully saturated rings. The second-order valence-electron chi connectivity index (χ2n) is 5.55. The number of carbonyl (C=O) groups is 2. The Morgan fingerprint density at radius 1 is 1.50 bits per heavy atom. The van der Waals surface area contributed by atoms with E-state index >= 15 is 0 Å². The van der Waals surface area contributed by atoms with E-state index in [4.69, 9.17) is 9.26 Å². The molecule has 1 N–H and O–H groups in total. The second-order valence-corrected chi connectivity index (χ2v) is 5.55. The maximum absolute atomic E-state index is 11.6. The summed E-state index contributed by atoms with van der Waals surface area (Å²) in [7, 11) is 0. The summed E-state index contributed by atoms with van der Waals surface area (Å²) >= 11 is 0. The topological polar surface area (TPSA) is 97.6 Å². The largest absolute Gasteiger partial charge is 0.450 e. The number of rotatable bonds is 5. The maximum atomic E-state index is 11.6. The molecule has 2 aromatic rings. The third-order valence-electron chi connectivity index (χ3n) is 3.91. The Balaban J connectivity index is 1.70. The van der Waals surface area contributed by atoms with Crippen molar-refractivity contribution in [1.82, 2.24) is 15.0 Å². The van der Waals surface area contributed by atoms with Gasteiger partial charge in [0.05, 0.1) is 12.5 Å². The Bertz CT molecular complexity index is 752. The molecule has 1 aromatic carbocycles. The number of nitrogens with zero attached hydrogens (tertiary/aromatic N) is 3. The van der Waals surface area contributed by atoms with Gasteiger partial charge in [0, 0.05) is 24.3 Å². The first-order chi connectivity index (χ1) is 11.6. The summed E-state index contributed by atoms with van der Waals surface area (Å²) in [4.78, 5) is 28.2. The summed E-state index contributed by atoms with van der Waals surface area (Å²) in [5.74, 6) is 0.971. The number of nitrogens with one attached hydrogen (secondary N) is 1. The summed E-state index contributed by atoms with van der Waals surface area (Å²) in [6.07, 6.45) is 0.308. The predicted octanol–water partition coefficient (Wildman–Crippen LogP) is 2.17. The summed E-state index contributed by atoms with van der Waals surface area (Å²) in [6, 6.07) is 5.54. The van der Waals surface area contributed by atoms with E-state index in [1.807, 2.05) is 19.1 Å². The molecule has 1 aromatic heterocycles. The van der Waals surface area contributed by atoms with Gasteiger partial charge in [-0.15, -0.1) is 0 Å². The molecule has 1 aliphatic rings. The molecule has 3 rings (SSSR count). The third kappa shape index (κ3) is 3.08. The van der Waals surface area contributed by atoms with Gasteiger partial charge in [-0.3, -0.25) is 4.79 Å². The quantitative estimate of drug-likeness (QED) is 0.844. The second kappa shape index (κ2) is 6.69. The highest BCUT2D eigenvalue weighted by Gasteiger charge is 2.36. The third-order valence-corrected chi connectivity index (χ3v) is 3.91. The van der Waals surface area contributed by atoms with Crippen molar-refractivity contribution < 1.29 is 18.8 Å². The summed E-state index contributed by atoms with van der Waals surface area (Å²) in [5.41, 5.74) is 2.39. The molecular weight excluding hydrogens is 312 g/mol. The number of benzene rings is 1. The molecule has 0 unspecified atom stereocenters.